The van der Waals surface area contributed by atoms with Crippen LogP contribution in [0.3, 0.4) is 0 Å². The second kappa shape index (κ2) is 8.74. The number of rotatable bonds is 9. The first-order chi connectivity index (χ1) is 9.24. The summed E-state index contributed by atoms with van der Waals surface area (Å²) in [6.45, 7) is 1.97. The van der Waals surface area contributed by atoms with E-state index in [1.807, 2.05) is 18.2 Å². The number of hydrogen-bond acceptors (Lipinski definition) is 5. The van der Waals surface area contributed by atoms with Crippen LogP contribution in [0.1, 0.15) is 5.56 Å². The minimum absolute atomic E-state index is 0.0432. The van der Waals surface area contributed by atoms with Gasteiger partial charge in [-0.3, -0.25) is 0 Å². The summed E-state index contributed by atoms with van der Waals surface area (Å²) in [6, 6.07) is 5.74. The summed E-state index contributed by atoms with van der Waals surface area (Å²) < 4.78 is 20.9. The van der Waals surface area contributed by atoms with Gasteiger partial charge in [-0.2, -0.15) is 0 Å². The highest BCUT2D eigenvalue weighted by Crippen LogP contribution is 2.23. The molecular weight excluding hydrogens is 246 g/mol. The van der Waals surface area contributed by atoms with Gasteiger partial charge >= 0.3 is 0 Å². The van der Waals surface area contributed by atoms with Crippen molar-refractivity contribution in [3.8, 4) is 11.5 Å². The average molecular weight is 269 g/mol. The van der Waals surface area contributed by atoms with Crippen molar-refractivity contribution in [3.05, 3.63) is 23.8 Å². The largest absolute Gasteiger partial charge is 0.497 e. The number of hydrogen-bond donors (Lipinski definition) is 1. The highest BCUT2D eigenvalue weighted by molar-refractivity contribution is 5.40. The third-order valence-corrected chi connectivity index (χ3v) is 2.86. The van der Waals surface area contributed by atoms with Gasteiger partial charge in [-0.05, 0) is 18.2 Å². The second-order valence-corrected chi connectivity index (χ2v) is 4.12. The van der Waals surface area contributed by atoms with E-state index in [0.717, 1.165) is 17.1 Å². The number of ether oxygens (including phenoxy) is 4. The van der Waals surface area contributed by atoms with Crippen LogP contribution in [-0.4, -0.2) is 47.7 Å². The van der Waals surface area contributed by atoms with Crippen molar-refractivity contribution in [1.29, 1.82) is 0 Å². The molecule has 0 bridgehead atoms. The Morgan fingerprint density at radius 1 is 1.11 bits per heavy atom. The molecule has 1 aromatic rings. The van der Waals surface area contributed by atoms with E-state index < -0.39 is 0 Å². The summed E-state index contributed by atoms with van der Waals surface area (Å²) in [4.78, 5) is 0. The third-order valence-electron chi connectivity index (χ3n) is 2.86. The van der Waals surface area contributed by atoms with Crippen LogP contribution in [0.2, 0.25) is 0 Å². The minimum Gasteiger partial charge on any atom is -0.497 e. The van der Waals surface area contributed by atoms with Gasteiger partial charge in [0.2, 0.25) is 0 Å². The molecule has 5 nitrogen and oxygen atoms in total. The fourth-order valence-electron chi connectivity index (χ4n) is 1.78. The summed E-state index contributed by atoms with van der Waals surface area (Å²) >= 11 is 0. The van der Waals surface area contributed by atoms with Crippen molar-refractivity contribution in [3.63, 3.8) is 0 Å². The fraction of sp³-hybridized carbons (Fsp3) is 0.571. The monoisotopic (exact) mass is 269 g/mol. The van der Waals surface area contributed by atoms with Crippen molar-refractivity contribution in [2.24, 2.45) is 0 Å². The SMILES string of the molecule is COCC(CNCc1cc(OC)ccc1OC)OC. The van der Waals surface area contributed by atoms with E-state index in [-0.39, 0.29) is 6.10 Å². The summed E-state index contributed by atoms with van der Waals surface area (Å²) in [5, 5.41) is 3.32. The van der Waals surface area contributed by atoms with Gasteiger partial charge in [0.05, 0.1) is 26.9 Å². The Balaban J connectivity index is 2.55. The molecule has 0 radical (unpaired) electrons. The Labute approximate surface area is 114 Å². The van der Waals surface area contributed by atoms with Crippen molar-refractivity contribution in [2.75, 3.05) is 41.6 Å². The van der Waals surface area contributed by atoms with E-state index in [2.05, 4.69) is 5.32 Å². The van der Waals surface area contributed by atoms with Gasteiger partial charge in [-0.1, -0.05) is 0 Å². The molecule has 0 saturated heterocycles. The van der Waals surface area contributed by atoms with E-state index in [1.54, 1.807) is 28.4 Å². The average Bonchev–Trinajstić information content (AvgIpc) is 2.46. The lowest BCUT2D eigenvalue weighted by atomic mass is 10.2. The molecule has 1 atom stereocenters. The zero-order chi connectivity index (χ0) is 14.1. The molecule has 0 aliphatic rings. The van der Waals surface area contributed by atoms with Gasteiger partial charge in [0.15, 0.2) is 0 Å². The Morgan fingerprint density at radius 2 is 1.89 bits per heavy atom. The predicted octanol–water partition coefficient (Wildman–Crippen LogP) is 1.45. The van der Waals surface area contributed by atoms with E-state index >= 15 is 0 Å². The molecule has 19 heavy (non-hydrogen) atoms. The molecule has 5 heteroatoms. The van der Waals surface area contributed by atoms with E-state index in [1.165, 1.54) is 0 Å². The maximum Gasteiger partial charge on any atom is 0.123 e. The number of methoxy groups -OCH3 is 4. The van der Waals surface area contributed by atoms with Crippen LogP contribution >= 0.6 is 0 Å². The second-order valence-electron chi connectivity index (χ2n) is 4.12. The molecule has 0 aliphatic carbocycles. The molecule has 0 amide bonds. The number of nitrogens with one attached hydrogen (secondary N) is 1. The zero-order valence-corrected chi connectivity index (χ0v) is 12.1. The summed E-state index contributed by atoms with van der Waals surface area (Å²) in [7, 11) is 6.65. The molecule has 0 saturated carbocycles. The number of benzene rings is 1. The van der Waals surface area contributed by atoms with Crippen LogP contribution in [0.15, 0.2) is 18.2 Å². The van der Waals surface area contributed by atoms with Crippen LogP contribution < -0.4 is 14.8 Å². The highest BCUT2D eigenvalue weighted by Gasteiger charge is 2.08. The molecule has 0 spiro atoms. The third kappa shape index (κ3) is 5.06. The van der Waals surface area contributed by atoms with Gasteiger partial charge in [0.25, 0.3) is 0 Å². The molecule has 1 aromatic carbocycles. The summed E-state index contributed by atoms with van der Waals surface area (Å²) in [5.41, 5.74) is 1.05. The van der Waals surface area contributed by atoms with Crippen LogP contribution in [0.25, 0.3) is 0 Å². The van der Waals surface area contributed by atoms with Crippen LogP contribution in [0.5, 0.6) is 11.5 Å². The van der Waals surface area contributed by atoms with Crippen molar-refractivity contribution < 1.29 is 18.9 Å². The summed E-state index contributed by atoms with van der Waals surface area (Å²) in [5.74, 6) is 1.66. The molecule has 0 aliphatic heterocycles. The smallest absolute Gasteiger partial charge is 0.123 e. The Bertz CT molecular complexity index is 370. The van der Waals surface area contributed by atoms with Crippen molar-refractivity contribution in [2.45, 2.75) is 12.6 Å². The Hall–Kier alpha value is -1.30. The first-order valence-electron chi connectivity index (χ1n) is 6.18. The highest BCUT2D eigenvalue weighted by atomic mass is 16.5. The van der Waals surface area contributed by atoms with E-state index in [0.29, 0.717) is 19.7 Å². The van der Waals surface area contributed by atoms with Gasteiger partial charge < -0.3 is 24.3 Å². The van der Waals surface area contributed by atoms with Crippen molar-refractivity contribution >= 4 is 0 Å². The van der Waals surface area contributed by atoms with Crippen molar-refractivity contribution in [1.82, 2.24) is 5.32 Å². The van der Waals surface area contributed by atoms with Gasteiger partial charge in [0, 0.05) is 32.9 Å². The molecule has 0 fully saturated rings. The minimum atomic E-state index is 0.0432. The standard InChI is InChI=1S/C14H23NO4/c1-16-10-13(18-3)9-15-8-11-7-12(17-2)5-6-14(11)19-4/h5-7,13,15H,8-10H2,1-4H3. The van der Waals surface area contributed by atoms with E-state index in [9.17, 15) is 0 Å². The maximum absolute atomic E-state index is 5.32. The predicted molar refractivity (Wildman–Crippen MR) is 73.9 cm³/mol. The fourth-order valence-corrected chi connectivity index (χ4v) is 1.78. The molecule has 108 valence electrons. The van der Waals surface area contributed by atoms with Crippen LogP contribution in [-0.2, 0) is 16.0 Å². The summed E-state index contributed by atoms with van der Waals surface area (Å²) in [6.07, 6.45) is 0.0432. The first kappa shape index (κ1) is 15.8. The lowest BCUT2D eigenvalue weighted by Gasteiger charge is -2.16. The first-order valence-corrected chi connectivity index (χ1v) is 6.18. The lowest BCUT2D eigenvalue weighted by molar-refractivity contribution is 0.0287. The van der Waals surface area contributed by atoms with Crippen LogP contribution in [0, 0.1) is 0 Å². The molecule has 1 unspecified atom stereocenters. The van der Waals surface area contributed by atoms with E-state index in [4.69, 9.17) is 18.9 Å². The maximum atomic E-state index is 5.32. The molecule has 0 aromatic heterocycles. The molecular formula is C14H23NO4. The zero-order valence-electron chi connectivity index (χ0n) is 12.1. The van der Waals surface area contributed by atoms with Gasteiger partial charge in [0.1, 0.15) is 11.5 Å². The van der Waals surface area contributed by atoms with Gasteiger partial charge in [-0.15, -0.1) is 0 Å². The molecule has 0 heterocycles. The van der Waals surface area contributed by atoms with Gasteiger partial charge in [-0.25, -0.2) is 0 Å². The van der Waals surface area contributed by atoms with Crippen LogP contribution in [0.4, 0.5) is 0 Å². The topological polar surface area (TPSA) is 49.0 Å². The molecule has 1 rings (SSSR count). The normalized spacial score (nSPS) is 12.2. The quantitative estimate of drug-likeness (QED) is 0.735. The molecule has 1 N–H and O–H groups in total. The Morgan fingerprint density at radius 3 is 2.47 bits per heavy atom. The Kier molecular flexibility index (Phi) is 7.25. The lowest BCUT2D eigenvalue weighted by Crippen LogP contribution is -2.31.